The van der Waals surface area contributed by atoms with Crippen molar-refractivity contribution in [2.24, 2.45) is 0 Å². The minimum atomic E-state index is -0.456. The Morgan fingerprint density at radius 2 is 1.76 bits per heavy atom. The minimum absolute atomic E-state index is 0.192. The Labute approximate surface area is 125 Å². The van der Waals surface area contributed by atoms with E-state index in [0.717, 1.165) is 12.0 Å². The number of methoxy groups -OCH3 is 1. The lowest BCUT2D eigenvalue weighted by atomic mass is 10.1. The highest BCUT2D eigenvalue weighted by Gasteiger charge is 2.15. The molecular weight excluding hydrogens is 270 g/mol. The maximum absolute atomic E-state index is 11.5. The molecule has 0 fully saturated rings. The molecule has 0 atom stereocenters. The van der Waals surface area contributed by atoms with Crippen LogP contribution in [0, 0.1) is 0 Å². The summed E-state index contributed by atoms with van der Waals surface area (Å²) >= 11 is 0. The lowest BCUT2D eigenvalue weighted by molar-refractivity contribution is -0.153. The van der Waals surface area contributed by atoms with Crippen LogP contribution in [0.15, 0.2) is 24.3 Å². The van der Waals surface area contributed by atoms with Crippen molar-refractivity contribution in [2.45, 2.75) is 32.8 Å². The lowest BCUT2D eigenvalue weighted by Crippen LogP contribution is -2.32. The Kier molecular flexibility index (Phi) is 6.37. The SMILES string of the molecule is COC(=O)c1ccc(CCNCC(=O)OC(C)(C)C)cc1. The maximum Gasteiger partial charge on any atom is 0.337 e. The first-order chi connectivity index (χ1) is 9.81. The highest BCUT2D eigenvalue weighted by atomic mass is 16.6. The van der Waals surface area contributed by atoms with E-state index in [1.54, 1.807) is 12.1 Å². The van der Waals surface area contributed by atoms with Crippen molar-refractivity contribution < 1.29 is 19.1 Å². The molecule has 1 rings (SSSR count). The van der Waals surface area contributed by atoms with Gasteiger partial charge in [-0.05, 0) is 51.4 Å². The first-order valence-electron chi connectivity index (χ1n) is 6.91. The van der Waals surface area contributed by atoms with Gasteiger partial charge in [0.2, 0.25) is 0 Å². The third-order valence-corrected chi connectivity index (χ3v) is 2.65. The van der Waals surface area contributed by atoms with Gasteiger partial charge in [-0.2, -0.15) is 0 Å². The molecule has 0 bridgehead atoms. The predicted octanol–water partition coefficient (Wildman–Crippen LogP) is 1.95. The van der Waals surface area contributed by atoms with Gasteiger partial charge in [0.1, 0.15) is 5.60 Å². The van der Waals surface area contributed by atoms with E-state index in [2.05, 4.69) is 10.1 Å². The Morgan fingerprint density at radius 1 is 1.14 bits per heavy atom. The second kappa shape index (κ2) is 7.78. The molecule has 0 spiro atoms. The van der Waals surface area contributed by atoms with Gasteiger partial charge in [-0.25, -0.2) is 4.79 Å². The van der Waals surface area contributed by atoms with Crippen LogP contribution in [0.5, 0.6) is 0 Å². The van der Waals surface area contributed by atoms with Crippen LogP contribution in [0.4, 0.5) is 0 Å². The van der Waals surface area contributed by atoms with Crippen LogP contribution in [-0.4, -0.2) is 37.7 Å². The number of ether oxygens (including phenoxy) is 2. The smallest absolute Gasteiger partial charge is 0.337 e. The van der Waals surface area contributed by atoms with Gasteiger partial charge in [0, 0.05) is 0 Å². The molecule has 0 saturated heterocycles. The summed E-state index contributed by atoms with van der Waals surface area (Å²) in [5, 5.41) is 3.04. The molecule has 0 saturated carbocycles. The van der Waals surface area contributed by atoms with Gasteiger partial charge in [-0.15, -0.1) is 0 Å². The zero-order valence-corrected chi connectivity index (χ0v) is 13.1. The number of esters is 2. The fourth-order valence-electron chi connectivity index (χ4n) is 1.73. The molecule has 21 heavy (non-hydrogen) atoms. The lowest BCUT2D eigenvalue weighted by Gasteiger charge is -2.19. The highest BCUT2D eigenvalue weighted by Crippen LogP contribution is 2.07. The third kappa shape index (κ3) is 6.90. The van der Waals surface area contributed by atoms with E-state index in [1.807, 2.05) is 32.9 Å². The molecule has 0 aliphatic carbocycles. The minimum Gasteiger partial charge on any atom is -0.465 e. The average Bonchev–Trinajstić information content (AvgIpc) is 2.41. The van der Waals surface area contributed by atoms with Crippen LogP contribution in [0.1, 0.15) is 36.7 Å². The van der Waals surface area contributed by atoms with Gasteiger partial charge in [-0.3, -0.25) is 4.79 Å². The van der Waals surface area contributed by atoms with Gasteiger partial charge in [0.15, 0.2) is 0 Å². The molecule has 1 aromatic rings. The fourth-order valence-corrected chi connectivity index (χ4v) is 1.73. The Morgan fingerprint density at radius 3 is 2.29 bits per heavy atom. The molecule has 0 radical (unpaired) electrons. The van der Waals surface area contributed by atoms with Gasteiger partial charge in [-0.1, -0.05) is 12.1 Å². The monoisotopic (exact) mass is 293 g/mol. The summed E-state index contributed by atoms with van der Waals surface area (Å²) in [6.45, 7) is 6.38. The summed E-state index contributed by atoms with van der Waals surface area (Å²) in [6.07, 6.45) is 0.768. The van der Waals surface area contributed by atoms with Crippen LogP contribution in [-0.2, 0) is 20.7 Å². The predicted molar refractivity (Wildman–Crippen MR) is 80.2 cm³/mol. The summed E-state index contributed by atoms with van der Waals surface area (Å²) in [5.41, 5.74) is 1.16. The Hall–Kier alpha value is -1.88. The normalized spacial score (nSPS) is 11.0. The van der Waals surface area contributed by atoms with Crippen LogP contribution in [0.2, 0.25) is 0 Å². The van der Waals surface area contributed by atoms with Gasteiger partial charge in [0.25, 0.3) is 0 Å². The largest absolute Gasteiger partial charge is 0.465 e. The molecule has 0 heterocycles. The third-order valence-electron chi connectivity index (χ3n) is 2.65. The summed E-state index contributed by atoms with van der Waals surface area (Å²) < 4.78 is 9.83. The molecule has 1 N–H and O–H groups in total. The maximum atomic E-state index is 11.5. The molecule has 0 aromatic heterocycles. The summed E-state index contributed by atoms with van der Waals surface area (Å²) in [7, 11) is 1.36. The van der Waals surface area contributed by atoms with Gasteiger partial charge < -0.3 is 14.8 Å². The van der Waals surface area contributed by atoms with Gasteiger partial charge in [0.05, 0.1) is 19.2 Å². The van der Waals surface area contributed by atoms with Crippen molar-refractivity contribution >= 4 is 11.9 Å². The number of hydrogen-bond donors (Lipinski definition) is 1. The van der Waals surface area contributed by atoms with Crippen molar-refractivity contribution in [1.29, 1.82) is 0 Å². The van der Waals surface area contributed by atoms with Crippen LogP contribution in [0.3, 0.4) is 0 Å². The van der Waals surface area contributed by atoms with E-state index in [0.29, 0.717) is 12.1 Å². The highest BCUT2D eigenvalue weighted by molar-refractivity contribution is 5.89. The van der Waals surface area contributed by atoms with Crippen molar-refractivity contribution in [1.82, 2.24) is 5.32 Å². The average molecular weight is 293 g/mol. The van der Waals surface area contributed by atoms with Crippen LogP contribution < -0.4 is 5.32 Å². The van der Waals surface area contributed by atoms with E-state index in [9.17, 15) is 9.59 Å². The quantitative estimate of drug-likeness (QED) is 0.641. The second-order valence-corrected chi connectivity index (χ2v) is 5.70. The standard InChI is InChI=1S/C16H23NO4/c1-16(2,3)21-14(18)11-17-10-9-12-5-7-13(8-6-12)15(19)20-4/h5-8,17H,9-11H2,1-4H3. The Bertz CT molecular complexity index is 474. The zero-order chi connectivity index (χ0) is 15.9. The Balaban J connectivity index is 2.30. The molecule has 0 aliphatic rings. The number of carbonyl (C=O) groups is 2. The van der Waals surface area contributed by atoms with Crippen molar-refractivity contribution in [3.8, 4) is 0 Å². The summed E-state index contributed by atoms with van der Waals surface area (Å²) in [4.78, 5) is 22.8. The van der Waals surface area contributed by atoms with Crippen molar-refractivity contribution in [3.05, 3.63) is 35.4 Å². The van der Waals surface area contributed by atoms with Crippen molar-refractivity contribution in [3.63, 3.8) is 0 Å². The zero-order valence-electron chi connectivity index (χ0n) is 13.1. The number of carbonyl (C=O) groups excluding carboxylic acids is 2. The number of hydrogen-bond acceptors (Lipinski definition) is 5. The summed E-state index contributed by atoms with van der Waals surface area (Å²) in [5.74, 6) is -0.604. The van der Waals surface area contributed by atoms with Gasteiger partial charge >= 0.3 is 11.9 Å². The first-order valence-corrected chi connectivity index (χ1v) is 6.91. The number of rotatable bonds is 6. The van der Waals surface area contributed by atoms with E-state index < -0.39 is 5.60 Å². The van der Waals surface area contributed by atoms with E-state index in [-0.39, 0.29) is 18.5 Å². The number of benzene rings is 1. The van der Waals surface area contributed by atoms with Crippen LogP contribution >= 0.6 is 0 Å². The second-order valence-electron chi connectivity index (χ2n) is 5.70. The molecule has 5 heteroatoms. The topological polar surface area (TPSA) is 64.6 Å². The first kappa shape index (κ1) is 17.2. The van der Waals surface area contributed by atoms with E-state index in [1.165, 1.54) is 7.11 Å². The number of nitrogens with one attached hydrogen (secondary N) is 1. The van der Waals surface area contributed by atoms with Crippen molar-refractivity contribution in [2.75, 3.05) is 20.2 Å². The molecule has 116 valence electrons. The molecule has 0 aliphatic heterocycles. The van der Waals surface area contributed by atoms with E-state index >= 15 is 0 Å². The fraction of sp³-hybridized carbons (Fsp3) is 0.500. The molecular formula is C16H23NO4. The van der Waals surface area contributed by atoms with Crippen LogP contribution in [0.25, 0.3) is 0 Å². The molecule has 5 nitrogen and oxygen atoms in total. The molecule has 0 unspecified atom stereocenters. The summed E-state index contributed by atoms with van der Waals surface area (Å²) in [6, 6.07) is 7.22. The van der Waals surface area contributed by atoms with E-state index in [4.69, 9.17) is 4.74 Å². The molecule has 1 aromatic carbocycles. The molecule has 0 amide bonds.